The molecule has 116 valence electrons. The van der Waals surface area contributed by atoms with E-state index in [1.54, 1.807) is 17.4 Å². The van der Waals surface area contributed by atoms with Crippen LogP contribution < -0.4 is 5.32 Å². The molecule has 1 atom stereocenters. The Bertz CT molecular complexity index is 461. The van der Waals surface area contributed by atoms with Gasteiger partial charge in [0.15, 0.2) is 0 Å². The Morgan fingerprint density at radius 1 is 1.38 bits per heavy atom. The van der Waals surface area contributed by atoms with Crippen LogP contribution in [-0.4, -0.2) is 51.2 Å². The average molecular weight is 294 g/mol. The molecule has 0 aromatic carbocycles. The zero-order chi connectivity index (χ0) is 15.1. The summed E-state index contributed by atoms with van der Waals surface area (Å²) >= 11 is 0. The Labute approximate surface area is 124 Å². The molecular formula is C14H22N4O3. The highest BCUT2D eigenvalue weighted by Crippen LogP contribution is 2.19. The summed E-state index contributed by atoms with van der Waals surface area (Å²) in [6, 6.07) is -0.0782. The molecule has 0 spiro atoms. The van der Waals surface area contributed by atoms with E-state index >= 15 is 0 Å². The standard InChI is InChI=1S/C14H22N4O3/c19-13(20)9-12-3-7-18(10-12)14(21)16-4-1-2-6-17-8-5-15-11-17/h5,8,11-12H,1-4,6-7,9-10H2,(H,16,21)(H,19,20). The number of urea groups is 1. The summed E-state index contributed by atoms with van der Waals surface area (Å²) in [4.78, 5) is 28.3. The van der Waals surface area contributed by atoms with Gasteiger partial charge < -0.3 is 19.9 Å². The van der Waals surface area contributed by atoms with E-state index in [4.69, 9.17) is 5.11 Å². The van der Waals surface area contributed by atoms with Crippen LogP contribution in [0.4, 0.5) is 4.79 Å². The van der Waals surface area contributed by atoms with Gasteiger partial charge in [-0.2, -0.15) is 0 Å². The lowest BCUT2D eigenvalue weighted by molar-refractivity contribution is -0.138. The number of unbranched alkanes of at least 4 members (excludes halogenated alkanes) is 1. The maximum Gasteiger partial charge on any atom is 0.317 e. The molecule has 7 heteroatoms. The molecule has 0 bridgehead atoms. The molecule has 1 aliphatic rings. The molecule has 1 fully saturated rings. The van der Waals surface area contributed by atoms with Gasteiger partial charge in [-0.1, -0.05) is 0 Å². The topological polar surface area (TPSA) is 87.5 Å². The van der Waals surface area contributed by atoms with Gasteiger partial charge in [0.25, 0.3) is 0 Å². The van der Waals surface area contributed by atoms with Crippen molar-refractivity contribution in [3.8, 4) is 0 Å². The van der Waals surface area contributed by atoms with E-state index < -0.39 is 5.97 Å². The second-order valence-corrected chi connectivity index (χ2v) is 5.44. The number of carbonyl (C=O) groups is 2. The quantitative estimate of drug-likeness (QED) is 0.739. The summed E-state index contributed by atoms with van der Waals surface area (Å²) in [5.41, 5.74) is 0. The van der Waals surface area contributed by atoms with Crippen molar-refractivity contribution >= 4 is 12.0 Å². The molecule has 0 aliphatic carbocycles. The summed E-state index contributed by atoms with van der Waals surface area (Å²) in [6.07, 6.45) is 8.28. The lowest BCUT2D eigenvalue weighted by Crippen LogP contribution is -2.39. The van der Waals surface area contributed by atoms with Crippen LogP contribution in [-0.2, 0) is 11.3 Å². The number of hydrogen-bond acceptors (Lipinski definition) is 3. The monoisotopic (exact) mass is 294 g/mol. The molecule has 1 saturated heterocycles. The lowest BCUT2D eigenvalue weighted by atomic mass is 10.1. The first-order chi connectivity index (χ1) is 10.1. The maximum atomic E-state index is 11.9. The van der Waals surface area contributed by atoms with Crippen LogP contribution in [0.5, 0.6) is 0 Å². The first-order valence-electron chi connectivity index (χ1n) is 7.35. The van der Waals surface area contributed by atoms with Gasteiger partial charge in [-0.05, 0) is 25.2 Å². The number of amides is 2. The fraction of sp³-hybridized carbons (Fsp3) is 0.643. The van der Waals surface area contributed by atoms with Gasteiger partial charge in [-0.3, -0.25) is 4.79 Å². The predicted octanol–water partition coefficient (Wildman–Crippen LogP) is 1.17. The van der Waals surface area contributed by atoms with Gasteiger partial charge >= 0.3 is 12.0 Å². The van der Waals surface area contributed by atoms with Crippen molar-refractivity contribution in [3.05, 3.63) is 18.7 Å². The Morgan fingerprint density at radius 3 is 2.95 bits per heavy atom. The molecule has 0 radical (unpaired) electrons. The third-order valence-corrected chi connectivity index (χ3v) is 3.71. The number of hydrogen-bond donors (Lipinski definition) is 2. The number of nitrogens with zero attached hydrogens (tertiary/aromatic N) is 3. The summed E-state index contributed by atoms with van der Waals surface area (Å²) in [5, 5.41) is 11.6. The van der Waals surface area contributed by atoms with Gasteiger partial charge in [0.1, 0.15) is 0 Å². The minimum atomic E-state index is -0.790. The number of nitrogens with one attached hydrogen (secondary N) is 1. The molecule has 0 saturated carbocycles. The van der Waals surface area contributed by atoms with Crippen molar-refractivity contribution in [1.29, 1.82) is 0 Å². The number of aryl methyl sites for hydroxylation is 1. The van der Waals surface area contributed by atoms with Crippen molar-refractivity contribution < 1.29 is 14.7 Å². The van der Waals surface area contributed by atoms with E-state index in [1.807, 2.05) is 10.8 Å². The van der Waals surface area contributed by atoms with Crippen molar-refractivity contribution in [1.82, 2.24) is 19.8 Å². The second-order valence-electron chi connectivity index (χ2n) is 5.44. The van der Waals surface area contributed by atoms with Crippen LogP contribution in [0.2, 0.25) is 0 Å². The van der Waals surface area contributed by atoms with E-state index in [9.17, 15) is 9.59 Å². The lowest BCUT2D eigenvalue weighted by Gasteiger charge is -2.17. The van der Waals surface area contributed by atoms with Gasteiger partial charge in [-0.25, -0.2) is 9.78 Å². The normalized spacial score (nSPS) is 17.9. The SMILES string of the molecule is O=C(O)CC1CCN(C(=O)NCCCCn2ccnc2)C1. The zero-order valence-corrected chi connectivity index (χ0v) is 12.1. The van der Waals surface area contributed by atoms with E-state index in [2.05, 4.69) is 10.3 Å². The number of carboxylic acid groups (broad SMARTS) is 1. The average Bonchev–Trinajstić information content (AvgIpc) is 3.08. The minimum Gasteiger partial charge on any atom is -0.481 e. The van der Waals surface area contributed by atoms with E-state index in [-0.39, 0.29) is 18.4 Å². The van der Waals surface area contributed by atoms with E-state index in [0.717, 1.165) is 25.8 Å². The number of likely N-dealkylation sites (tertiary alicyclic amines) is 1. The predicted molar refractivity (Wildman–Crippen MR) is 76.8 cm³/mol. The number of carbonyl (C=O) groups excluding carboxylic acids is 1. The second kappa shape index (κ2) is 7.66. The number of carboxylic acids is 1. The van der Waals surface area contributed by atoms with Crippen LogP contribution >= 0.6 is 0 Å². The summed E-state index contributed by atoms with van der Waals surface area (Å²) < 4.78 is 2.01. The molecule has 2 amide bonds. The van der Waals surface area contributed by atoms with Crippen molar-refractivity contribution in [2.24, 2.45) is 5.92 Å². The molecule has 2 N–H and O–H groups in total. The molecule has 7 nitrogen and oxygen atoms in total. The fourth-order valence-corrected chi connectivity index (χ4v) is 2.58. The maximum absolute atomic E-state index is 11.9. The van der Waals surface area contributed by atoms with Crippen LogP contribution in [0, 0.1) is 5.92 Å². The Hall–Kier alpha value is -2.05. The molecule has 1 aliphatic heterocycles. The largest absolute Gasteiger partial charge is 0.481 e. The van der Waals surface area contributed by atoms with Gasteiger partial charge in [-0.15, -0.1) is 0 Å². The summed E-state index contributed by atoms with van der Waals surface area (Å²) in [5.74, 6) is -0.698. The Kier molecular flexibility index (Phi) is 5.59. The molecule has 2 rings (SSSR count). The van der Waals surface area contributed by atoms with E-state index in [1.165, 1.54) is 0 Å². The first-order valence-corrected chi connectivity index (χ1v) is 7.35. The zero-order valence-electron chi connectivity index (χ0n) is 12.1. The fourth-order valence-electron chi connectivity index (χ4n) is 2.58. The summed E-state index contributed by atoms with van der Waals surface area (Å²) in [6.45, 7) is 2.75. The van der Waals surface area contributed by atoms with Crippen LogP contribution in [0.1, 0.15) is 25.7 Å². The van der Waals surface area contributed by atoms with E-state index in [0.29, 0.717) is 19.6 Å². The molecule has 2 heterocycles. The summed E-state index contributed by atoms with van der Waals surface area (Å²) in [7, 11) is 0. The highest BCUT2D eigenvalue weighted by Gasteiger charge is 2.27. The molecular weight excluding hydrogens is 272 g/mol. The van der Waals surface area contributed by atoms with Crippen molar-refractivity contribution in [2.75, 3.05) is 19.6 Å². The number of rotatable bonds is 7. The van der Waals surface area contributed by atoms with Crippen LogP contribution in [0.15, 0.2) is 18.7 Å². The third kappa shape index (κ3) is 5.09. The third-order valence-electron chi connectivity index (χ3n) is 3.71. The van der Waals surface area contributed by atoms with Crippen molar-refractivity contribution in [3.63, 3.8) is 0 Å². The van der Waals surface area contributed by atoms with Crippen molar-refractivity contribution in [2.45, 2.75) is 32.2 Å². The Balaban J connectivity index is 1.56. The van der Waals surface area contributed by atoms with Gasteiger partial charge in [0.05, 0.1) is 6.33 Å². The number of aliphatic carboxylic acids is 1. The highest BCUT2D eigenvalue weighted by molar-refractivity contribution is 5.74. The smallest absolute Gasteiger partial charge is 0.317 e. The number of imidazole rings is 1. The highest BCUT2D eigenvalue weighted by atomic mass is 16.4. The van der Waals surface area contributed by atoms with Crippen LogP contribution in [0.3, 0.4) is 0 Å². The molecule has 1 aromatic rings. The molecule has 1 aromatic heterocycles. The minimum absolute atomic E-state index is 0.0782. The Morgan fingerprint density at radius 2 is 2.24 bits per heavy atom. The molecule has 1 unspecified atom stereocenters. The number of aromatic nitrogens is 2. The van der Waals surface area contributed by atoms with Gasteiger partial charge in [0.2, 0.25) is 0 Å². The molecule has 21 heavy (non-hydrogen) atoms. The van der Waals surface area contributed by atoms with Gasteiger partial charge in [0, 0.05) is 45.0 Å². The first kappa shape index (κ1) is 15.3. The van der Waals surface area contributed by atoms with Crippen LogP contribution in [0.25, 0.3) is 0 Å².